The average Bonchev–Trinajstić information content (AvgIpc) is 2.36. The number of hydrogen-bond donors (Lipinski definition) is 2. The topological polar surface area (TPSA) is 58.4 Å². The quantitative estimate of drug-likeness (QED) is 0.800. The zero-order valence-electron chi connectivity index (χ0n) is 11.4. The number of likely N-dealkylation sites (N-methyl/N-ethyl adjacent to an activating group) is 1. The Bertz CT molecular complexity index is 390. The summed E-state index contributed by atoms with van der Waals surface area (Å²) in [6.45, 7) is 5.70. The monoisotopic (exact) mass is 249 g/mol. The Hall–Kier alpha value is -1.55. The van der Waals surface area contributed by atoms with Crippen molar-refractivity contribution in [2.24, 2.45) is 11.7 Å². The van der Waals surface area contributed by atoms with Crippen LogP contribution in [0.15, 0.2) is 24.3 Å². The van der Waals surface area contributed by atoms with Crippen LogP contribution in [-0.4, -0.2) is 26.0 Å². The fraction of sp³-hybridized carbons (Fsp3) is 0.500. The Morgan fingerprint density at radius 3 is 2.67 bits per heavy atom. The van der Waals surface area contributed by atoms with Crippen molar-refractivity contribution in [3.8, 4) is 0 Å². The van der Waals surface area contributed by atoms with Crippen LogP contribution in [0.2, 0.25) is 0 Å². The number of carbonyl (C=O) groups excluding carboxylic acids is 1. The first-order valence-corrected chi connectivity index (χ1v) is 6.30. The normalized spacial score (nSPS) is 10.5. The molecule has 1 aromatic carbocycles. The van der Waals surface area contributed by atoms with Gasteiger partial charge in [-0.3, -0.25) is 4.79 Å². The smallest absolute Gasteiger partial charge is 0.239 e. The third-order valence-electron chi connectivity index (χ3n) is 2.71. The van der Waals surface area contributed by atoms with Gasteiger partial charge in [-0.25, -0.2) is 0 Å². The molecule has 0 aliphatic rings. The second kappa shape index (κ2) is 7.01. The molecule has 0 saturated heterocycles. The molecule has 3 N–H and O–H groups in total. The first-order valence-electron chi connectivity index (χ1n) is 6.30. The Kier molecular flexibility index (Phi) is 5.65. The number of hydrogen-bond acceptors (Lipinski definition) is 3. The van der Waals surface area contributed by atoms with Gasteiger partial charge < -0.3 is 16.0 Å². The standard InChI is InChI=1S/C14H23N3O/c1-11(2)9-16-14(18)10-17(3)13-7-5-4-6-12(13)8-15/h4-7,11H,8-10,15H2,1-3H3,(H,16,18). The number of nitrogens with one attached hydrogen (secondary N) is 1. The minimum Gasteiger partial charge on any atom is -0.365 e. The summed E-state index contributed by atoms with van der Waals surface area (Å²) in [5, 5.41) is 2.91. The minimum absolute atomic E-state index is 0.0398. The lowest BCUT2D eigenvalue weighted by molar-refractivity contribution is -0.119. The molecule has 1 rings (SSSR count). The molecular formula is C14H23N3O. The van der Waals surface area contributed by atoms with Crippen molar-refractivity contribution in [1.82, 2.24) is 5.32 Å². The third-order valence-corrected chi connectivity index (χ3v) is 2.71. The van der Waals surface area contributed by atoms with Crippen molar-refractivity contribution in [3.05, 3.63) is 29.8 Å². The molecular weight excluding hydrogens is 226 g/mol. The minimum atomic E-state index is 0.0398. The first-order chi connectivity index (χ1) is 8.54. The average molecular weight is 249 g/mol. The molecule has 1 amide bonds. The molecule has 1 aromatic rings. The lowest BCUT2D eigenvalue weighted by Gasteiger charge is -2.21. The number of anilines is 1. The molecule has 0 unspecified atom stereocenters. The largest absolute Gasteiger partial charge is 0.365 e. The highest BCUT2D eigenvalue weighted by Gasteiger charge is 2.10. The molecule has 0 saturated carbocycles. The van der Waals surface area contributed by atoms with Crippen LogP contribution in [0.1, 0.15) is 19.4 Å². The summed E-state index contributed by atoms with van der Waals surface area (Å²) in [5.41, 5.74) is 7.76. The highest BCUT2D eigenvalue weighted by molar-refractivity contribution is 5.81. The van der Waals surface area contributed by atoms with Crippen molar-refractivity contribution in [3.63, 3.8) is 0 Å². The molecule has 0 bridgehead atoms. The van der Waals surface area contributed by atoms with Crippen LogP contribution in [-0.2, 0) is 11.3 Å². The van der Waals surface area contributed by atoms with Crippen molar-refractivity contribution in [1.29, 1.82) is 0 Å². The summed E-state index contributed by atoms with van der Waals surface area (Å²) < 4.78 is 0. The van der Waals surface area contributed by atoms with E-state index in [1.54, 1.807) is 0 Å². The highest BCUT2D eigenvalue weighted by Crippen LogP contribution is 2.17. The fourth-order valence-electron chi connectivity index (χ4n) is 1.73. The van der Waals surface area contributed by atoms with Crippen LogP contribution in [0.3, 0.4) is 0 Å². The van der Waals surface area contributed by atoms with Crippen LogP contribution in [0.25, 0.3) is 0 Å². The van der Waals surface area contributed by atoms with Gasteiger partial charge in [0.25, 0.3) is 0 Å². The molecule has 0 aromatic heterocycles. The highest BCUT2D eigenvalue weighted by atomic mass is 16.2. The summed E-state index contributed by atoms with van der Waals surface area (Å²) in [6.07, 6.45) is 0. The van der Waals surface area contributed by atoms with Crippen LogP contribution < -0.4 is 16.0 Å². The van der Waals surface area contributed by atoms with Gasteiger partial charge in [0.15, 0.2) is 0 Å². The van der Waals surface area contributed by atoms with E-state index in [0.717, 1.165) is 11.3 Å². The molecule has 0 fully saturated rings. The molecule has 0 radical (unpaired) electrons. The summed E-state index contributed by atoms with van der Waals surface area (Å²) in [5.74, 6) is 0.508. The van der Waals surface area contributed by atoms with Crippen molar-refractivity contribution < 1.29 is 4.79 Å². The Balaban J connectivity index is 2.59. The molecule has 100 valence electrons. The van der Waals surface area contributed by atoms with Gasteiger partial charge in [-0.2, -0.15) is 0 Å². The lowest BCUT2D eigenvalue weighted by atomic mass is 10.1. The predicted octanol–water partition coefficient (Wildman–Crippen LogP) is 1.35. The van der Waals surface area contributed by atoms with E-state index < -0.39 is 0 Å². The number of nitrogens with two attached hydrogens (primary N) is 1. The maximum Gasteiger partial charge on any atom is 0.239 e. The van der Waals surface area contributed by atoms with Crippen LogP contribution >= 0.6 is 0 Å². The van der Waals surface area contributed by atoms with Crippen LogP contribution in [0.5, 0.6) is 0 Å². The molecule has 0 heterocycles. The van der Waals surface area contributed by atoms with Gasteiger partial charge in [-0.1, -0.05) is 32.0 Å². The van der Waals surface area contributed by atoms with Gasteiger partial charge in [-0.05, 0) is 17.5 Å². The predicted molar refractivity (Wildman–Crippen MR) is 75.5 cm³/mol. The zero-order valence-corrected chi connectivity index (χ0v) is 11.4. The molecule has 0 atom stereocenters. The van der Waals surface area contributed by atoms with Gasteiger partial charge in [0.2, 0.25) is 5.91 Å². The fourth-order valence-corrected chi connectivity index (χ4v) is 1.73. The third kappa shape index (κ3) is 4.37. The van der Waals surface area contributed by atoms with Crippen molar-refractivity contribution in [2.75, 3.05) is 25.0 Å². The number of carbonyl (C=O) groups is 1. The number of rotatable bonds is 6. The van der Waals surface area contributed by atoms with E-state index in [9.17, 15) is 4.79 Å². The van der Waals surface area contributed by atoms with Gasteiger partial charge >= 0.3 is 0 Å². The SMILES string of the molecule is CC(C)CNC(=O)CN(C)c1ccccc1CN. The van der Waals surface area contributed by atoms with E-state index >= 15 is 0 Å². The number of para-hydroxylation sites is 1. The van der Waals surface area contributed by atoms with E-state index in [-0.39, 0.29) is 5.91 Å². The van der Waals surface area contributed by atoms with Crippen molar-refractivity contribution in [2.45, 2.75) is 20.4 Å². The molecule has 18 heavy (non-hydrogen) atoms. The summed E-state index contributed by atoms with van der Waals surface area (Å²) in [6, 6.07) is 7.88. The van der Waals surface area contributed by atoms with E-state index in [0.29, 0.717) is 25.6 Å². The van der Waals surface area contributed by atoms with E-state index in [2.05, 4.69) is 19.2 Å². The molecule has 0 spiro atoms. The lowest BCUT2D eigenvalue weighted by Crippen LogP contribution is -2.37. The molecule has 4 heteroatoms. The van der Waals surface area contributed by atoms with Gasteiger partial charge in [0.1, 0.15) is 0 Å². The Morgan fingerprint density at radius 1 is 1.39 bits per heavy atom. The van der Waals surface area contributed by atoms with Gasteiger partial charge in [0, 0.05) is 25.8 Å². The van der Waals surface area contributed by atoms with Gasteiger partial charge in [-0.15, -0.1) is 0 Å². The van der Waals surface area contributed by atoms with E-state index in [4.69, 9.17) is 5.73 Å². The van der Waals surface area contributed by atoms with Crippen molar-refractivity contribution >= 4 is 11.6 Å². The summed E-state index contributed by atoms with van der Waals surface area (Å²) >= 11 is 0. The van der Waals surface area contributed by atoms with Crippen LogP contribution in [0.4, 0.5) is 5.69 Å². The Morgan fingerprint density at radius 2 is 2.06 bits per heavy atom. The second-order valence-corrected chi connectivity index (χ2v) is 4.89. The number of amides is 1. The molecule has 4 nitrogen and oxygen atoms in total. The maximum absolute atomic E-state index is 11.7. The van der Waals surface area contributed by atoms with E-state index in [1.807, 2.05) is 36.2 Å². The molecule has 0 aliphatic heterocycles. The van der Waals surface area contributed by atoms with E-state index in [1.165, 1.54) is 0 Å². The number of benzene rings is 1. The maximum atomic E-state index is 11.7. The Labute approximate surface area is 109 Å². The van der Waals surface area contributed by atoms with Gasteiger partial charge in [0.05, 0.1) is 6.54 Å². The molecule has 0 aliphatic carbocycles. The summed E-state index contributed by atoms with van der Waals surface area (Å²) in [4.78, 5) is 13.7. The number of nitrogens with zero attached hydrogens (tertiary/aromatic N) is 1. The summed E-state index contributed by atoms with van der Waals surface area (Å²) in [7, 11) is 1.91. The second-order valence-electron chi connectivity index (χ2n) is 4.89. The first kappa shape index (κ1) is 14.5. The van der Waals surface area contributed by atoms with Crippen LogP contribution in [0, 0.1) is 5.92 Å². The zero-order chi connectivity index (χ0) is 13.5.